The maximum absolute atomic E-state index is 8.93. The highest BCUT2D eigenvalue weighted by molar-refractivity contribution is 7.25. The maximum Gasteiger partial charge on any atom is 0.164 e. The van der Waals surface area contributed by atoms with Crippen LogP contribution in [0.2, 0.25) is 0 Å². The highest BCUT2D eigenvalue weighted by Gasteiger charge is 2.18. The molecule has 0 unspecified atom stereocenters. The van der Waals surface area contributed by atoms with Crippen molar-refractivity contribution in [2.24, 2.45) is 0 Å². The summed E-state index contributed by atoms with van der Waals surface area (Å²) in [6.07, 6.45) is 0. The molecule has 10 rings (SSSR count). The van der Waals surface area contributed by atoms with E-state index in [9.17, 15) is 0 Å². The summed E-state index contributed by atoms with van der Waals surface area (Å²) in [6.45, 7) is 0. The Hall–Kier alpha value is -6.43. The van der Waals surface area contributed by atoms with Crippen molar-refractivity contribution in [3.63, 3.8) is 0 Å². The normalized spacial score (nSPS) is 14.1. The third-order valence-corrected chi connectivity index (χ3v) is 9.84. The number of nitrogens with zero attached hydrogens (tertiary/aromatic N) is 3. The van der Waals surface area contributed by atoms with Crippen LogP contribution in [0.5, 0.6) is 0 Å². The van der Waals surface area contributed by atoms with E-state index >= 15 is 0 Å². The van der Waals surface area contributed by atoms with Crippen LogP contribution in [0.3, 0.4) is 0 Å². The SMILES string of the molecule is [2H]c1c([2H])c([2H])c(-c2c([2H])c([2H])c(-c3ccc4c(c3)oc3cc(-c5nc(-c6ccccc6)nc(-c6cccc7sc8ccccc8c67)n5)ccc34)c([2H])c2[2H])c([2H])c1[2H]. The fraction of sp³-hybridized carbons (Fsp3) is 0. The highest BCUT2D eigenvalue weighted by atomic mass is 32.1. The van der Waals surface area contributed by atoms with Crippen molar-refractivity contribution >= 4 is 53.4 Å². The van der Waals surface area contributed by atoms with Crippen LogP contribution in [0, 0.1) is 0 Å². The second-order valence-corrected chi connectivity index (χ2v) is 12.8. The molecule has 0 aliphatic rings. The minimum absolute atomic E-state index is 0.0151. The zero-order chi connectivity index (χ0) is 40.9. The van der Waals surface area contributed by atoms with E-state index in [1.165, 1.54) is 4.70 Å². The Morgan fingerprint density at radius 1 is 0.440 bits per heavy atom. The van der Waals surface area contributed by atoms with Gasteiger partial charge in [0.25, 0.3) is 0 Å². The lowest BCUT2D eigenvalue weighted by Gasteiger charge is -2.09. The van der Waals surface area contributed by atoms with Gasteiger partial charge in [-0.1, -0.05) is 127 Å². The van der Waals surface area contributed by atoms with Crippen molar-refractivity contribution in [3.05, 3.63) is 164 Å². The van der Waals surface area contributed by atoms with Gasteiger partial charge in [0.05, 0.1) is 12.3 Å². The van der Waals surface area contributed by atoms with E-state index < -0.39 is 54.4 Å². The molecule has 0 N–H and O–H groups in total. The van der Waals surface area contributed by atoms with Crippen LogP contribution in [0.25, 0.3) is 98.5 Å². The summed E-state index contributed by atoms with van der Waals surface area (Å²) >= 11 is 1.72. The molecule has 0 amide bonds. The minimum Gasteiger partial charge on any atom is -0.456 e. The lowest BCUT2D eigenvalue weighted by atomic mass is 9.99. The lowest BCUT2D eigenvalue weighted by Crippen LogP contribution is -2.00. The molecule has 0 aliphatic heterocycles. The number of thiophene rings is 1. The maximum atomic E-state index is 8.93. The van der Waals surface area contributed by atoms with Gasteiger partial charge in [-0.25, -0.2) is 15.0 Å². The van der Waals surface area contributed by atoms with Gasteiger partial charge < -0.3 is 4.42 Å². The number of furan rings is 1. The van der Waals surface area contributed by atoms with Crippen LogP contribution in [0.1, 0.15) is 12.3 Å². The van der Waals surface area contributed by atoms with Crippen molar-refractivity contribution in [2.75, 3.05) is 0 Å². The Bertz CT molecular complexity index is 3350. The predicted molar refractivity (Wildman–Crippen MR) is 207 cm³/mol. The molecule has 0 bridgehead atoms. The third-order valence-electron chi connectivity index (χ3n) is 8.71. The first-order valence-corrected chi connectivity index (χ1v) is 16.7. The fourth-order valence-corrected chi connectivity index (χ4v) is 7.46. The minimum atomic E-state index is -0.627. The summed E-state index contributed by atoms with van der Waals surface area (Å²) in [4.78, 5) is 15.0. The largest absolute Gasteiger partial charge is 0.456 e. The molecular weight excluding hydrogens is 631 g/mol. The van der Waals surface area contributed by atoms with Gasteiger partial charge in [-0.3, -0.25) is 0 Å². The number of hydrogen-bond donors (Lipinski definition) is 0. The van der Waals surface area contributed by atoms with Crippen molar-refractivity contribution in [1.29, 1.82) is 0 Å². The Morgan fingerprint density at radius 3 is 1.82 bits per heavy atom. The number of aromatic nitrogens is 3. The molecule has 0 aliphatic carbocycles. The Balaban J connectivity index is 1.10. The summed E-state index contributed by atoms with van der Waals surface area (Å²) in [5.41, 5.74) is 3.00. The second kappa shape index (κ2) is 11.6. The van der Waals surface area contributed by atoms with Gasteiger partial charge in [0.15, 0.2) is 17.5 Å². The van der Waals surface area contributed by atoms with E-state index in [-0.39, 0.29) is 16.7 Å². The van der Waals surface area contributed by atoms with E-state index in [2.05, 4.69) is 18.2 Å². The zero-order valence-electron chi connectivity index (χ0n) is 35.1. The van der Waals surface area contributed by atoms with Gasteiger partial charge in [0.1, 0.15) is 11.2 Å². The fourth-order valence-electron chi connectivity index (χ4n) is 6.33. The molecule has 0 spiro atoms. The molecule has 0 fully saturated rings. The van der Waals surface area contributed by atoms with E-state index in [0.29, 0.717) is 39.8 Å². The lowest BCUT2D eigenvalue weighted by molar-refractivity contribution is 0.669. The van der Waals surface area contributed by atoms with Crippen molar-refractivity contribution < 1.29 is 16.8 Å². The highest BCUT2D eigenvalue weighted by Crippen LogP contribution is 2.40. The first kappa shape index (κ1) is 20.8. The second-order valence-electron chi connectivity index (χ2n) is 11.7. The average molecular weight is 667 g/mol. The smallest absolute Gasteiger partial charge is 0.164 e. The van der Waals surface area contributed by atoms with Crippen LogP contribution in [-0.4, -0.2) is 15.0 Å². The molecular formula is C45H27N3OS. The zero-order valence-corrected chi connectivity index (χ0v) is 26.9. The monoisotopic (exact) mass is 666 g/mol. The predicted octanol–water partition coefficient (Wildman–Crippen LogP) is 12.5. The first-order valence-electron chi connectivity index (χ1n) is 20.4. The van der Waals surface area contributed by atoms with Gasteiger partial charge >= 0.3 is 0 Å². The molecule has 3 aromatic heterocycles. The summed E-state index contributed by atoms with van der Waals surface area (Å²) in [5.74, 6) is 1.51. The van der Waals surface area contributed by atoms with Crippen LogP contribution in [0.4, 0.5) is 0 Å². The number of hydrogen-bond acceptors (Lipinski definition) is 5. The first-order chi connectivity index (χ1) is 28.5. The molecule has 0 saturated heterocycles. The van der Waals surface area contributed by atoms with Gasteiger partial charge in [0, 0.05) is 47.6 Å². The third kappa shape index (κ3) is 4.87. The van der Waals surface area contributed by atoms with Gasteiger partial charge in [0.2, 0.25) is 0 Å². The Kier molecular flexibility index (Phi) is 4.84. The van der Waals surface area contributed by atoms with Crippen LogP contribution in [-0.2, 0) is 0 Å². The number of rotatable bonds is 5. The van der Waals surface area contributed by atoms with Gasteiger partial charge in [-0.2, -0.15) is 0 Å². The molecule has 234 valence electrons. The molecule has 7 aromatic carbocycles. The Labute approximate surface area is 304 Å². The van der Waals surface area contributed by atoms with E-state index in [0.717, 1.165) is 37.4 Å². The van der Waals surface area contributed by atoms with Gasteiger partial charge in [-0.05, 0) is 58.7 Å². The molecule has 0 atom stereocenters. The van der Waals surface area contributed by atoms with Gasteiger partial charge in [-0.15, -0.1) is 11.3 Å². The molecule has 0 saturated carbocycles. The van der Waals surface area contributed by atoms with Crippen molar-refractivity contribution in [2.45, 2.75) is 0 Å². The molecule has 3 heterocycles. The van der Waals surface area contributed by atoms with E-state index in [1.807, 2.05) is 72.8 Å². The molecule has 5 heteroatoms. The Morgan fingerprint density at radius 2 is 1.04 bits per heavy atom. The van der Waals surface area contributed by atoms with Crippen LogP contribution in [0.15, 0.2) is 168 Å². The molecule has 4 nitrogen and oxygen atoms in total. The average Bonchev–Trinajstić information content (AvgIpc) is 3.83. The number of fused-ring (bicyclic) bond motifs is 6. The van der Waals surface area contributed by atoms with Crippen molar-refractivity contribution in [1.82, 2.24) is 15.0 Å². The van der Waals surface area contributed by atoms with Crippen LogP contribution >= 0.6 is 11.3 Å². The number of benzene rings is 7. The summed E-state index contributed by atoms with van der Waals surface area (Å²) in [6, 6.07) is 30.1. The quantitative estimate of drug-likeness (QED) is 0.183. The summed E-state index contributed by atoms with van der Waals surface area (Å²) in [5, 5.41) is 3.78. The topological polar surface area (TPSA) is 51.8 Å². The summed E-state index contributed by atoms with van der Waals surface area (Å²) < 4.78 is 85.2. The summed E-state index contributed by atoms with van der Waals surface area (Å²) in [7, 11) is 0. The van der Waals surface area contributed by atoms with Crippen molar-refractivity contribution in [3.8, 4) is 56.4 Å². The molecule has 50 heavy (non-hydrogen) atoms. The molecule has 0 radical (unpaired) electrons. The molecule has 10 aromatic rings. The van der Waals surface area contributed by atoms with Crippen LogP contribution < -0.4 is 0 Å². The van der Waals surface area contributed by atoms with E-state index in [1.54, 1.807) is 29.5 Å². The standard InChI is InChI=1S/C45H27N3OS/c1-3-10-28(11-4-1)29-18-20-30(21-19-29)32-22-24-34-35-25-23-33(27-39(35)49-38(34)26-32)44-46-43(31-12-5-2-6-13-31)47-45(48-44)37-15-9-17-41-42(37)36-14-7-8-16-40(36)50-41/h1-27H/i1D,3D,4D,10D,11D,18D,19D,20D,21D. The van der Waals surface area contributed by atoms with E-state index in [4.69, 9.17) is 31.7 Å².